The highest BCUT2D eigenvalue weighted by Gasteiger charge is 2.29. The van der Waals surface area contributed by atoms with Gasteiger partial charge in [0.2, 0.25) is 0 Å². The van der Waals surface area contributed by atoms with E-state index in [1.807, 2.05) is 6.08 Å². The van der Waals surface area contributed by atoms with Crippen molar-refractivity contribution >= 4 is 5.69 Å². The van der Waals surface area contributed by atoms with Gasteiger partial charge in [-0.3, -0.25) is 0 Å². The maximum Gasteiger partial charge on any atom is 0.0381 e. The van der Waals surface area contributed by atoms with Crippen molar-refractivity contribution in [2.24, 2.45) is 17.8 Å². The van der Waals surface area contributed by atoms with Crippen LogP contribution in [0.15, 0.2) is 53.9 Å². The molecule has 0 radical (unpaired) electrons. The molecule has 2 atom stereocenters. The summed E-state index contributed by atoms with van der Waals surface area (Å²) in [4.78, 5) is 0. The van der Waals surface area contributed by atoms with Crippen LogP contribution in [-0.2, 0) is 6.42 Å². The largest absolute Gasteiger partial charge is 0.359 e. The maximum absolute atomic E-state index is 3.64. The fraction of sp³-hybridized carbons (Fsp3) is 0.476. The van der Waals surface area contributed by atoms with Gasteiger partial charge in [-0.15, -0.1) is 5.73 Å². The number of hydrogen-bond donors (Lipinski definition) is 1. The van der Waals surface area contributed by atoms with Crippen LogP contribution in [0.4, 0.5) is 5.69 Å². The molecule has 0 saturated heterocycles. The summed E-state index contributed by atoms with van der Waals surface area (Å²) in [5.74, 6) is 2.11. The summed E-state index contributed by atoms with van der Waals surface area (Å²) in [6.45, 7) is 12.7. The molecule has 22 heavy (non-hydrogen) atoms. The van der Waals surface area contributed by atoms with Crippen molar-refractivity contribution in [2.45, 2.75) is 47.0 Å². The molecule has 1 aromatic carbocycles. The van der Waals surface area contributed by atoms with Crippen LogP contribution in [0, 0.1) is 17.8 Å². The fourth-order valence-electron chi connectivity index (χ4n) is 2.96. The van der Waals surface area contributed by atoms with Gasteiger partial charge in [-0.05, 0) is 74.6 Å². The van der Waals surface area contributed by atoms with Gasteiger partial charge in [-0.25, -0.2) is 0 Å². The minimum absolute atomic E-state index is 0.486. The lowest BCUT2D eigenvalue weighted by Crippen LogP contribution is -2.06. The van der Waals surface area contributed by atoms with Gasteiger partial charge < -0.3 is 5.32 Å². The second-order valence-electron chi connectivity index (χ2n) is 6.81. The van der Waals surface area contributed by atoms with E-state index < -0.39 is 0 Å². The van der Waals surface area contributed by atoms with Crippen LogP contribution in [-0.4, -0.2) is 0 Å². The topological polar surface area (TPSA) is 12.0 Å². The Morgan fingerprint density at radius 3 is 2.45 bits per heavy atom. The molecular formula is C21H29N. The molecule has 2 unspecified atom stereocenters. The van der Waals surface area contributed by atoms with Crippen molar-refractivity contribution in [3.8, 4) is 0 Å². The first-order valence-corrected chi connectivity index (χ1v) is 8.40. The third-order valence-corrected chi connectivity index (χ3v) is 4.85. The van der Waals surface area contributed by atoms with Crippen molar-refractivity contribution in [3.05, 3.63) is 59.5 Å². The Morgan fingerprint density at radius 1 is 1.27 bits per heavy atom. The van der Waals surface area contributed by atoms with E-state index in [0.717, 1.165) is 12.3 Å². The van der Waals surface area contributed by atoms with Crippen LogP contribution in [0.5, 0.6) is 0 Å². The Balaban J connectivity index is 1.98. The van der Waals surface area contributed by atoms with E-state index in [1.54, 1.807) is 0 Å². The van der Waals surface area contributed by atoms with Gasteiger partial charge in [0.05, 0.1) is 0 Å². The summed E-state index contributed by atoms with van der Waals surface area (Å²) >= 11 is 0. The molecule has 0 heterocycles. The Bertz CT molecular complexity index is 568. The van der Waals surface area contributed by atoms with Crippen LogP contribution < -0.4 is 5.32 Å². The maximum atomic E-state index is 3.64. The zero-order valence-electron chi connectivity index (χ0n) is 14.4. The van der Waals surface area contributed by atoms with E-state index in [1.165, 1.54) is 35.4 Å². The van der Waals surface area contributed by atoms with Crippen LogP contribution in [0.3, 0.4) is 0 Å². The van der Waals surface area contributed by atoms with E-state index in [2.05, 4.69) is 69.6 Å². The molecule has 1 heteroatoms. The van der Waals surface area contributed by atoms with Gasteiger partial charge in [0.1, 0.15) is 0 Å². The molecule has 1 saturated carbocycles. The molecule has 1 N–H and O–H groups in total. The number of benzene rings is 1. The van der Waals surface area contributed by atoms with E-state index in [-0.39, 0.29) is 0 Å². The summed E-state index contributed by atoms with van der Waals surface area (Å²) in [5.41, 5.74) is 8.20. The molecule has 1 aliphatic carbocycles. The lowest BCUT2D eigenvalue weighted by atomic mass is 9.96. The first-order chi connectivity index (χ1) is 10.5. The number of allylic oxidation sites excluding steroid dienone is 3. The van der Waals surface area contributed by atoms with Crippen molar-refractivity contribution in [3.63, 3.8) is 0 Å². The van der Waals surface area contributed by atoms with Crippen molar-refractivity contribution in [2.75, 3.05) is 5.32 Å². The average Bonchev–Trinajstić information content (AvgIpc) is 3.32. The molecular weight excluding hydrogens is 266 g/mol. The second-order valence-corrected chi connectivity index (χ2v) is 6.81. The van der Waals surface area contributed by atoms with E-state index in [9.17, 15) is 0 Å². The Labute approximate surface area is 135 Å². The monoisotopic (exact) mass is 295 g/mol. The molecule has 0 aromatic heterocycles. The SMILES string of the molecule is C=C=CC(C)Cc1ccc(N/C(C)=C(/C)C(C)C2CC2)cc1. The molecule has 1 nitrogen and oxygen atoms in total. The lowest BCUT2D eigenvalue weighted by molar-refractivity contribution is 0.586. The zero-order chi connectivity index (χ0) is 16.1. The van der Waals surface area contributed by atoms with E-state index >= 15 is 0 Å². The minimum atomic E-state index is 0.486. The smallest absolute Gasteiger partial charge is 0.0381 e. The Kier molecular flexibility index (Phi) is 5.69. The first kappa shape index (κ1) is 16.6. The third kappa shape index (κ3) is 4.64. The second kappa shape index (κ2) is 7.51. The highest BCUT2D eigenvalue weighted by molar-refractivity contribution is 5.50. The van der Waals surface area contributed by atoms with Gasteiger partial charge in [-0.1, -0.05) is 38.1 Å². The van der Waals surface area contributed by atoms with Crippen LogP contribution in [0.2, 0.25) is 0 Å². The summed E-state index contributed by atoms with van der Waals surface area (Å²) in [6, 6.07) is 8.78. The molecule has 0 spiro atoms. The van der Waals surface area contributed by atoms with Gasteiger partial charge in [0, 0.05) is 11.4 Å². The van der Waals surface area contributed by atoms with Gasteiger partial charge in [-0.2, -0.15) is 0 Å². The number of anilines is 1. The van der Waals surface area contributed by atoms with Crippen LogP contribution in [0.1, 0.15) is 46.1 Å². The van der Waals surface area contributed by atoms with Crippen LogP contribution >= 0.6 is 0 Å². The minimum Gasteiger partial charge on any atom is -0.359 e. The van der Waals surface area contributed by atoms with Crippen LogP contribution in [0.25, 0.3) is 0 Å². The Morgan fingerprint density at radius 2 is 1.91 bits per heavy atom. The Hall–Kier alpha value is -1.72. The molecule has 0 bridgehead atoms. The summed E-state index contributed by atoms with van der Waals surface area (Å²) in [7, 11) is 0. The van der Waals surface area contributed by atoms with Gasteiger partial charge >= 0.3 is 0 Å². The van der Waals surface area contributed by atoms with Gasteiger partial charge in [0.15, 0.2) is 0 Å². The molecule has 1 fully saturated rings. The summed E-state index contributed by atoms with van der Waals surface area (Å²) < 4.78 is 0. The summed E-state index contributed by atoms with van der Waals surface area (Å²) in [6.07, 6.45) is 5.87. The molecule has 0 amide bonds. The normalized spacial score (nSPS) is 18.0. The first-order valence-electron chi connectivity index (χ1n) is 8.40. The number of nitrogens with one attached hydrogen (secondary N) is 1. The number of hydrogen-bond acceptors (Lipinski definition) is 1. The highest BCUT2D eigenvalue weighted by atomic mass is 14.9. The average molecular weight is 295 g/mol. The third-order valence-electron chi connectivity index (χ3n) is 4.85. The molecule has 2 rings (SSSR count). The van der Waals surface area contributed by atoms with Crippen molar-refractivity contribution in [1.29, 1.82) is 0 Å². The predicted octanol–water partition coefficient (Wildman–Crippen LogP) is 5.96. The molecule has 0 aliphatic heterocycles. The molecule has 1 aromatic rings. The van der Waals surface area contributed by atoms with Crippen molar-refractivity contribution in [1.82, 2.24) is 0 Å². The van der Waals surface area contributed by atoms with Crippen molar-refractivity contribution < 1.29 is 0 Å². The number of rotatable bonds is 7. The predicted molar refractivity (Wildman–Crippen MR) is 96.9 cm³/mol. The molecule has 1 aliphatic rings. The molecule has 118 valence electrons. The van der Waals surface area contributed by atoms with Gasteiger partial charge in [0.25, 0.3) is 0 Å². The fourth-order valence-corrected chi connectivity index (χ4v) is 2.96. The lowest BCUT2D eigenvalue weighted by Gasteiger charge is -2.17. The summed E-state index contributed by atoms with van der Waals surface area (Å²) in [5, 5.41) is 3.56. The van der Waals surface area contributed by atoms with E-state index in [0.29, 0.717) is 11.8 Å². The quantitative estimate of drug-likeness (QED) is 0.612. The zero-order valence-corrected chi connectivity index (χ0v) is 14.4. The standard InChI is InChI=1S/C21H29N/c1-6-7-15(2)14-19-8-12-21(13-9-19)22-18(5)16(3)17(4)20-10-11-20/h7-9,12-13,15,17,20,22H,1,10-11,14H2,2-5H3/b18-16-. The highest BCUT2D eigenvalue weighted by Crippen LogP contribution is 2.40. The van der Waals surface area contributed by atoms with E-state index in [4.69, 9.17) is 0 Å².